The molecule has 1 aliphatic carbocycles. The Bertz CT molecular complexity index is 1150. The molecule has 0 atom stereocenters. The maximum atomic E-state index is 11.9. The lowest BCUT2D eigenvalue weighted by molar-refractivity contribution is -0.139. The summed E-state index contributed by atoms with van der Waals surface area (Å²) < 4.78 is 16.9. The van der Waals surface area contributed by atoms with E-state index < -0.39 is 0 Å². The van der Waals surface area contributed by atoms with E-state index in [1.807, 2.05) is 0 Å². The molecule has 228 valence electrons. The van der Waals surface area contributed by atoms with Crippen molar-refractivity contribution < 1.29 is 28.9 Å². The normalized spacial score (nSPS) is 16.5. The molecule has 0 aliphatic heterocycles. The number of aliphatic hydroxyl groups is 1. The highest BCUT2D eigenvalue weighted by molar-refractivity contribution is 5.87. The van der Waals surface area contributed by atoms with Gasteiger partial charge in [0.1, 0.15) is 5.75 Å². The van der Waals surface area contributed by atoms with E-state index in [1.165, 1.54) is 31.2 Å². The van der Waals surface area contributed by atoms with Crippen LogP contribution in [0.5, 0.6) is 5.75 Å². The lowest BCUT2D eigenvalue weighted by atomic mass is 9.79. The minimum Gasteiger partial charge on any atom is -0.493 e. The van der Waals surface area contributed by atoms with Crippen LogP contribution in [0.4, 0.5) is 0 Å². The van der Waals surface area contributed by atoms with Crippen LogP contribution in [0, 0.1) is 5.92 Å². The fraction of sp³-hybridized carbons (Fsp3) is 0.500. The molecule has 6 heteroatoms. The fourth-order valence-electron chi connectivity index (χ4n) is 5.36. The Morgan fingerprint density at radius 2 is 1.31 bits per heavy atom. The minimum atomic E-state index is -0.388. The SMILES string of the molecule is C=C(C)C(=O)OCCCc1cc(-c2ccc(C3CCC(C)CC3)cc2)cc(CCCOC(=O)C(=C)C)c1OCCCO. The van der Waals surface area contributed by atoms with Crippen LogP contribution in [0.15, 0.2) is 60.7 Å². The molecule has 0 aromatic heterocycles. The Morgan fingerprint density at radius 3 is 1.79 bits per heavy atom. The summed E-state index contributed by atoms with van der Waals surface area (Å²) in [6, 6.07) is 13.3. The Morgan fingerprint density at radius 1 is 0.786 bits per heavy atom. The molecular formula is C36H48O6. The van der Waals surface area contributed by atoms with Crippen molar-refractivity contribution in [2.45, 2.75) is 84.5 Å². The third-order valence-electron chi connectivity index (χ3n) is 7.87. The molecular weight excluding hydrogens is 528 g/mol. The van der Waals surface area contributed by atoms with Crippen molar-refractivity contribution >= 4 is 11.9 Å². The topological polar surface area (TPSA) is 82.1 Å². The van der Waals surface area contributed by atoms with E-state index in [1.54, 1.807) is 13.8 Å². The largest absolute Gasteiger partial charge is 0.493 e. The zero-order valence-corrected chi connectivity index (χ0v) is 25.7. The lowest BCUT2D eigenvalue weighted by Gasteiger charge is -2.26. The summed E-state index contributed by atoms with van der Waals surface area (Å²) in [4.78, 5) is 23.7. The first-order chi connectivity index (χ1) is 20.2. The smallest absolute Gasteiger partial charge is 0.333 e. The molecule has 2 aromatic rings. The molecule has 6 nitrogen and oxygen atoms in total. The zero-order valence-electron chi connectivity index (χ0n) is 25.7. The molecule has 0 spiro atoms. The van der Waals surface area contributed by atoms with Gasteiger partial charge < -0.3 is 19.3 Å². The molecule has 1 saturated carbocycles. The van der Waals surface area contributed by atoms with Crippen LogP contribution in [0.25, 0.3) is 11.1 Å². The highest BCUT2D eigenvalue weighted by Gasteiger charge is 2.20. The molecule has 1 aliphatic rings. The van der Waals surface area contributed by atoms with Gasteiger partial charge in [-0.15, -0.1) is 0 Å². The number of aliphatic hydroxyl groups excluding tert-OH is 1. The van der Waals surface area contributed by atoms with E-state index >= 15 is 0 Å². The molecule has 2 aromatic carbocycles. The molecule has 0 saturated heterocycles. The first-order valence-electron chi connectivity index (χ1n) is 15.3. The van der Waals surface area contributed by atoms with Gasteiger partial charge in [-0.2, -0.15) is 0 Å². The van der Waals surface area contributed by atoms with Crippen LogP contribution in [-0.4, -0.2) is 43.5 Å². The molecule has 0 amide bonds. The van der Waals surface area contributed by atoms with Crippen molar-refractivity contribution in [3.05, 3.63) is 77.4 Å². The average molecular weight is 577 g/mol. The standard InChI is InChI=1S/C36H48O6/c1-25(2)35(38)41-20-6-9-31-23-33(30-17-15-29(16-18-30)28-13-11-27(5)12-14-28)24-32(34(31)40-22-8-19-37)10-7-21-42-36(39)26(3)4/h15-18,23-24,27-28,37H,1,3,6-14,19-22H2,2,4-5H3. The van der Waals surface area contributed by atoms with E-state index in [0.717, 1.165) is 33.9 Å². The maximum absolute atomic E-state index is 11.9. The van der Waals surface area contributed by atoms with Crippen LogP contribution >= 0.6 is 0 Å². The summed E-state index contributed by atoms with van der Waals surface area (Å²) in [5.74, 6) is 1.47. The van der Waals surface area contributed by atoms with E-state index in [-0.39, 0.29) is 31.8 Å². The fourth-order valence-corrected chi connectivity index (χ4v) is 5.36. The predicted octanol–water partition coefficient (Wildman–Crippen LogP) is 7.51. The second kappa shape index (κ2) is 16.9. The maximum Gasteiger partial charge on any atom is 0.333 e. The highest BCUT2D eigenvalue weighted by Crippen LogP contribution is 2.37. The first-order valence-corrected chi connectivity index (χ1v) is 15.3. The Labute approximate surface area is 251 Å². The number of carbonyl (C=O) groups is 2. The van der Waals surface area contributed by atoms with Gasteiger partial charge in [0.05, 0.1) is 19.8 Å². The molecule has 42 heavy (non-hydrogen) atoms. The highest BCUT2D eigenvalue weighted by atomic mass is 16.5. The van der Waals surface area contributed by atoms with Crippen molar-refractivity contribution in [2.24, 2.45) is 5.92 Å². The summed E-state index contributed by atoms with van der Waals surface area (Å²) in [6.45, 7) is 13.9. The molecule has 1 fully saturated rings. The van der Waals surface area contributed by atoms with Crippen molar-refractivity contribution in [1.82, 2.24) is 0 Å². The number of carbonyl (C=O) groups excluding carboxylic acids is 2. The van der Waals surface area contributed by atoms with Gasteiger partial charge in [0.25, 0.3) is 0 Å². The number of hydrogen-bond donors (Lipinski definition) is 1. The van der Waals surface area contributed by atoms with Gasteiger partial charge in [-0.3, -0.25) is 0 Å². The summed E-state index contributed by atoms with van der Waals surface area (Å²) in [5, 5.41) is 9.35. The van der Waals surface area contributed by atoms with Gasteiger partial charge in [-0.1, -0.05) is 57.2 Å². The van der Waals surface area contributed by atoms with Gasteiger partial charge in [0.15, 0.2) is 0 Å². The Balaban J connectivity index is 1.87. The van der Waals surface area contributed by atoms with E-state index in [0.29, 0.717) is 55.8 Å². The van der Waals surface area contributed by atoms with Crippen LogP contribution in [0.3, 0.4) is 0 Å². The Kier molecular flexibility index (Phi) is 13.3. The molecule has 1 N–H and O–H groups in total. The molecule has 0 radical (unpaired) electrons. The zero-order chi connectivity index (χ0) is 30.5. The number of esters is 2. The summed E-state index contributed by atoms with van der Waals surface area (Å²) >= 11 is 0. The van der Waals surface area contributed by atoms with E-state index in [9.17, 15) is 14.7 Å². The van der Waals surface area contributed by atoms with Crippen molar-refractivity contribution in [2.75, 3.05) is 26.4 Å². The average Bonchev–Trinajstić information content (AvgIpc) is 2.98. The van der Waals surface area contributed by atoms with Crippen LogP contribution in [-0.2, 0) is 31.9 Å². The second-order valence-corrected chi connectivity index (χ2v) is 11.7. The van der Waals surface area contributed by atoms with Gasteiger partial charge >= 0.3 is 11.9 Å². The minimum absolute atomic E-state index is 0.0444. The van der Waals surface area contributed by atoms with Gasteiger partial charge in [0, 0.05) is 24.2 Å². The molecule has 0 heterocycles. The van der Waals surface area contributed by atoms with Crippen molar-refractivity contribution in [3.8, 4) is 16.9 Å². The quantitative estimate of drug-likeness (QED) is 0.127. The summed E-state index contributed by atoms with van der Waals surface area (Å²) in [6.07, 6.45) is 8.18. The lowest BCUT2D eigenvalue weighted by Crippen LogP contribution is -2.10. The van der Waals surface area contributed by atoms with E-state index in [2.05, 4.69) is 56.5 Å². The summed E-state index contributed by atoms with van der Waals surface area (Å²) in [7, 11) is 0. The number of benzene rings is 2. The molecule has 0 bridgehead atoms. The van der Waals surface area contributed by atoms with Crippen LogP contribution < -0.4 is 4.74 Å². The number of ether oxygens (including phenoxy) is 3. The second-order valence-electron chi connectivity index (χ2n) is 11.7. The number of rotatable bonds is 16. The van der Waals surface area contributed by atoms with Crippen LogP contribution in [0.1, 0.15) is 88.3 Å². The monoisotopic (exact) mass is 576 g/mol. The van der Waals surface area contributed by atoms with Gasteiger partial charge in [-0.25, -0.2) is 9.59 Å². The first kappa shape index (κ1) is 33.1. The molecule has 3 rings (SSSR count). The van der Waals surface area contributed by atoms with E-state index in [4.69, 9.17) is 14.2 Å². The predicted molar refractivity (Wildman–Crippen MR) is 168 cm³/mol. The summed E-state index contributed by atoms with van der Waals surface area (Å²) in [5.41, 5.74) is 6.45. The van der Waals surface area contributed by atoms with Crippen LogP contribution in [0.2, 0.25) is 0 Å². The number of hydrogen-bond acceptors (Lipinski definition) is 6. The molecule has 0 unspecified atom stereocenters. The van der Waals surface area contributed by atoms with Gasteiger partial charge in [-0.05, 0) is 104 Å². The Hall–Kier alpha value is -3.38. The third-order valence-corrected chi connectivity index (χ3v) is 7.87. The third kappa shape index (κ3) is 10.2. The van der Waals surface area contributed by atoms with Gasteiger partial charge in [0.2, 0.25) is 0 Å². The number of aryl methyl sites for hydroxylation is 2. The van der Waals surface area contributed by atoms with Crippen molar-refractivity contribution in [3.63, 3.8) is 0 Å². The van der Waals surface area contributed by atoms with Crippen molar-refractivity contribution in [1.29, 1.82) is 0 Å².